The molecular weight excluding hydrogens is 204 g/mol. The van der Waals surface area contributed by atoms with Gasteiger partial charge in [-0.3, -0.25) is 0 Å². The zero-order valence-electron chi connectivity index (χ0n) is 8.60. The van der Waals surface area contributed by atoms with Crippen LogP contribution in [0.4, 0.5) is 0 Å². The lowest BCUT2D eigenvalue weighted by Gasteiger charge is -2.03. The Bertz CT molecular complexity index is 508. The fourth-order valence-electron chi connectivity index (χ4n) is 1.65. The number of benzene rings is 1. The van der Waals surface area contributed by atoms with Gasteiger partial charge in [-0.25, -0.2) is 0 Å². The first-order valence-electron chi connectivity index (χ1n) is 4.83. The number of aromatic nitrogens is 1. The van der Waals surface area contributed by atoms with Gasteiger partial charge in [-0.15, -0.1) is 0 Å². The molecule has 1 aromatic heterocycles. The van der Waals surface area contributed by atoms with Crippen molar-refractivity contribution < 1.29 is 0 Å². The number of aryl methyl sites for hydroxylation is 1. The van der Waals surface area contributed by atoms with Gasteiger partial charge in [-0.1, -0.05) is 0 Å². The Labute approximate surface area is 93.5 Å². The molecule has 15 heavy (non-hydrogen) atoms. The van der Waals surface area contributed by atoms with E-state index in [9.17, 15) is 0 Å². The van der Waals surface area contributed by atoms with Crippen LogP contribution in [-0.2, 0) is 6.54 Å². The summed E-state index contributed by atoms with van der Waals surface area (Å²) in [6.45, 7) is 1.02. The minimum Gasteiger partial charge on any atom is -0.347 e. The van der Waals surface area contributed by atoms with Gasteiger partial charge in [0.1, 0.15) is 0 Å². The van der Waals surface area contributed by atoms with E-state index in [-0.39, 0.29) is 0 Å². The van der Waals surface area contributed by atoms with E-state index >= 15 is 0 Å². The largest absolute Gasteiger partial charge is 0.347 e. The van der Waals surface area contributed by atoms with Crippen molar-refractivity contribution in [3.05, 3.63) is 36.0 Å². The topological polar surface area (TPSA) is 28.7 Å². The molecule has 0 bridgehead atoms. The van der Waals surface area contributed by atoms with Gasteiger partial charge in [-0.05, 0) is 30.5 Å². The first-order chi connectivity index (χ1) is 7.35. The second kappa shape index (κ2) is 4.41. The zero-order chi connectivity index (χ0) is 10.7. The van der Waals surface area contributed by atoms with Gasteiger partial charge in [0, 0.05) is 29.4 Å². The molecule has 0 aliphatic carbocycles. The van der Waals surface area contributed by atoms with Crippen molar-refractivity contribution in [3.8, 4) is 6.07 Å². The number of hydrogen-bond acceptors (Lipinski definition) is 2. The van der Waals surface area contributed by atoms with Crippen molar-refractivity contribution in [2.45, 2.75) is 6.54 Å². The highest BCUT2D eigenvalue weighted by molar-refractivity contribution is 7.98. The van der Waals surface area contributed by atoms with Crippen molar-refractivity contribution in [1.82, 2.24) is 4.57 Å². The Balaban J connectivity index is 2.39. The van der Waals surface area contributed by atoms with Crippen LogP contribution in [-0.4, -0.2) is 16.6 Å². The smallest absolute Gasteiger partial charge is 0.0991 e. The minimum atomic E-state index is 0.727. The molecule has 1 aromatic carbocycles. The molecule has 0 fully saturated rings. The Morgan fingerprint density at radius 2 is 2.27 bits per heavy atom. The molecule has 2 aromatic rings. The second-order valence-electron chi connectivity index (χ2n) is 3.39. The van der Waals surface area contributed by atoms with E-state index < -0.39 is 0 Å². The van der Waals surface area contributed by atoms with Crippen molar-refractivity contribution in [1.29, 1.82) is 5.26 Å². The molecule has 0 saturated carbocycles. The van der Waals surface area contributed by atoms with Crippen LogP contribution in [0.5, 0.6) is 0 Å². The summed E-state index contributed by atoms with van der Waals surface area (Å²) in [4.78, 5) is 0. The van der Waals surface area contributed by atoms with E-state index in [1.54, 1.807) is 0 Å². The molecular formula is C12H12N2S. The van der Waals surface area contributed by atoms with Crippen molar-refractivity contribution in [2.24, 2.45) is 0 Å². The van der Waals surface area contributed by atoms with Crippen LogP contribution in [0.2, 0.25) is 0 Å². The molecule has 0 atom stereocenters. The molecule has 0 radical (unpaired) electrons. The average Bonchev–Trinajstić information content (AvgIpc) is 2.68. The van der Waals surface area contributed by atoms with Crippen LogP contribution in [0, 0.1) is 11.3 Å². The van der Waals surface area contributed by atoms with Crippen molar-refractivity contribution >= 4 is 22.7 Å². The van der Waals surface area contributed by atoms with Crippen LogP contribution >= 0.6 is 11.8 Å². The van der Waals surface area contributed by atoms with Crippen LogP contribution < -0.4 is 0 Å². The van der Waals surface area contributed by atoms with Crippen LogP contribution in [0.1, 0.15) is 5.56 Å². The molecule has 0 saturated heterocycles. The van der Waals surface area contributed by atoms with E-state index in [0.717, 1.165) is 23.2 Å². The number of hydrogen-bond donors (Lipinski definition) is 0. The number of nitriles is 1. The predicted octanol–water partition coefficient (Wildman–Crippen LogP) is 2.88. The summed E-state index contributed by atoms with van der Waals surface area (Å²) >= 11 is 1.84. The van der Waals surface area contributed by atoms with E-state index in [4.69, 9.17) is 5.26 Å². The summed E-state index contributed by atoms with van der Waals surface area (Å²) in [7, 11) is 0. The lowest BCUT2D eigenvalue weighted by atomic mass is 10.2. The quantitative estimate of drug-likeness (QED) is 0.789. The first kappa shape index (κ1) is 10.1. The molecule has 2 rings (SSSR count). The molecule has 0 N–H and O–H groups in total. The number of rotatable bonds is 3. The van der Waals surface area contributed by atoms with E-state index in [2.05, 4.69) is 29.2 Å². The summed E-state index contributed by atoms with van der Waals surface area (Å²) in [6.07, 6.45) is 4.20. The average molecular weight is 216 g/mol. The molecule has 0 unspecified atom stereocenters. The van der Waals surface area contributed by atoms with Crippen LogP contribution in [0.25, 0.3) is 10.9 Å². The molecule has 0 spiro atoms. The maximum atomic E-state index is 8.79. The molecule has 3 heteroatoms. The Hall–Kier alpha value is -1.40. The van der Waals surface area contributed by atoms with E-state index in [0.29, 0.717) is 0 Å². The standard InChI is InChI=1S/C12H12N2S/c1-15-7-6-14-5-4-11-8-10(9-13)2-3-12(11)14/h2-5,8H,6-7H2,1H3. The highest BCUT2D eigenvalue weighted by atomic mass is 32.2. The third-order valence-electron chi connectivity index (χ3n) is 2.44. The monoisotopic (exact) mass is 216 g/mol. The number of fused-ring (bicyclic) bond motifs is 1. The van der Waals surface area contributed by atoms with Crippen LogP contribution in [0.15, 0.2) is 30.5 Å². The van der Waals surface area contributed by atoms with Gasteiger partial charge in [0.15, 0.2) is 0 Å². The van der Waals surface area contributed by atoms with Gasteiger partial charge in [0.2, 0.25) is 0 Å². The highest BCUT2D eigenvalue weighted by Crippen LogP contribution is 2.17. The third-order valence-corrected chi connectivity index (χ3v) is 3.03. The summed E-state index contributed by atoms with van der Waals surface area (Å²) in [6, 6.07) is 10.1. The molecule has 1 heterocycles. The Morgan fingerprint density at radius 3 is 3.00 bits per heavy atom. The number of nitrogens with zero attached hydrogens (tertiary/aromatic N) is 2. The predicted molar refractivity (Wildman–Crippen MR) is 65.0 cm³/mol. The summed E-state index contributed by atoms with van der Waals surface area (Å²) in [5.41, 5.74) is 1.94. The molecule has 0 amide bonds. The maximum Gasteiger partial charge on any atom is 0.0991 e. The van der Waals surface area contributed by atoms with E-state index in [1.165, 1.54) is 5.52 Å². The summed E-state index contributed by atoms with van der Waals surface area (Å²) in [5.74, 6) is 1.11. The lowest BCUT2D eigenvalue weighted by molar-refractivity contribution is 0.808. The molecule has 76 valence electrons. The second-order valence-corrected chi connectivity index (χ2v) is 4.37. The van der Waals surface area contributed by atoms with Crippen LogP contribution in [0.3, 0.4) is 0 Å². The summed E-state index contributed by atoms with van der Waals surface area (Å²) in [5, 5.41) is 9.93. The first-order valence-corrected chi connectivity index (χ1v) is 6.22. The fourth-order valence-corrected chi connectivity index (χ4v) is 2.03. The van der Waals surface area contributed by atoms with Gasteiger partial charge >= 0.3 is 0 Å². The molecule has 0 aliphatic heterocycles. The normalized spacial score (nSPS) is 10.4. The molecule has 2 nitrogen and oxygen atoms in total. The zero-order valence-corrected chi connectivity index (χ0v) is 9.42. The third kappa shape index (κ3) is 2.00. The molecule has 0 aliphatic rings. The van der Waals surface area contributed by atoms with Gasteiger partial charge in [-0.2, -0.15) is 17.0 Å². The minimum absolute atomic E-state index is 0.727. The van der Waals surface area contributed by atoms with Gasteiger partial charge in [0.25, 0.3) is 0 Å². The van der Waals surface area contributed by atoms with Gasteiger partial charge < -0.3 is 4.57 Å². The Kier molecular flexibility index (Phi) is 2.98. The maximum absolute atomic E-state index is 8.79. The SMILES string of the molecule is CSCCn1ccc2cc(C#N)ccc21. The Morgan fingerprint density at radius 1 is 1.40 bits per heavy atom. The van der Waals surface area contributed by atoms with E-state index in [1.807, 2.05) is 30.0 Å². The fraction of sp³-hybridized carbons (Fsp3) is 0.250. The summed E-state index contributed by atoms with van der Waals surface area (Å²) < 4.78 is 2.23. The van der Waals surface area contributed by atoms with Crippen molar-refractivity contribution in [2.75, 3.05) is 12.0 Å². The lowest BCUT2D eigenvalue weighted by Crippen LogP contribution is -1.97. The van der Waals surface area contributed by atoms with Crippen molar-refractivity contribution in [3.63, 3.8) is 0 Å². The van der Waals surface area contributed by atoms with Gasteiger partial charge in [0.05, 0.1) is 11.6 Å². The number of thioether (sulfide) groups is 1. The highest BCUT2D eigenvalue weighted by Gasteiger charge is 2.01.